The number of rotatable bonds is 6. The Balaban J connectivity index is 2.04. The summed E-state index contributed by atoms with van der Waals surface area (Å²) in [6.07, 6.45) is 5.22. The number of fused-ring (bicyclic) bond motifs is 1. The van der Waals surface area contributed by atoms with Gasteiger partial charge in [0.2, 0.25) is 5.91 Å². The lowest BCUT2D eigenvalue weighted by molar-refractivity contribution is -0.124. The molecule has 3 amide bonds. The second-order valence-corrected chi connectivity index (χ2v) is 6.98. The summed E-state index contributed by atoms with van der Waals surface area (Å²) in [6.45, 7) is 6.52. The average molecular weight is 391 g/mol. The van der Waals surface area contributed by atoms with Gasteiger partial charge in [-0.3, -0.25) is 15.1 Å². The van der Waals surface area contributed by atoms with Gasteiger partial charge in [-0.15, -0.1) is 0 Å². The van der Waals surface area contributed by atoms with Gasteiger partial charge < -0.3 is 10.6 Å². The summed E-state index contributed by atoms with van der Waals surface area (Å²) in [5.74, 6) is 0.379. The maximum Gasteiger partial charge on any atom is 0.320 e. The van der Waals surface area contributed by atoms with Gasteiger partial charge in [0.05, 0.1) is 0 Å². The molecule has 29 heavy (non-hydrogen) atoms. The molecule has 0 bridgehead atoms. The van der Waals surface area contributed by atoms with Crippen molar-refractivity contribution in [3.05, 3.63) is 54.5 Å². The summed E-state index contributed by atoms with van der Waals surface area (Å²) >= 11 is 0. The van der Waals surface area contributed by atoms with E-state index in [1.54, 1.807) is 18.6 Å². The van der Waals surface area contributed by atoms with Crippen LogP contribution in [0.4, 0.5) is 10.6 Å². The summed E-state index contributed by atoms with van der Waals surface area (Å²) in [7, 11) is 0. The topological polar surface area (TPSA) is 96.0 Å². The molecule has 0 aliphatic rings. The third-order valence-corrected chi connectivity index (χ3v) is 4.54. The molecule has 3 aromatic rings. The second kappa shape index (κ2) is 9.14. The first kappa shape index (κ1) is 20.3. The van der Waals surface area contributed by atoms with Crippen LogP contribution in [0.2, 0.25) is 0 Å². The highest BCUT2D eigenvalue weighted by Gasteiger charge is 2.13. The van der Waals surface area contributed by atoms with Crippen LogP contribution in [0, 0.1) is 5.92 Å². The SMILES string of the molecule is CCNC(=O)Nc1cc2c(-c3ccncc3)ccc(CNC(=O)C(C)C)c2cn1. The summed E-state index contributed by atoms with van der Waals surface area (Å²) in [4.78, 5) is 32.4. The number of hydrogen-bond donors (Lipinski definition) is 3. The number of hydrogen-bond acceptors (Lipinski definition) is 4. The molecule has 0 saturated heterocycles. The highest BCUT2D eigenvalue weighted by molar-refractivity contribution is 6.00. The Kier molecular flexibility index (Phi) is 6.39. The van der Waals surface area contributed by atoms with Crippen molar-refractivity contribution in [2.45, 2.75) is 27.3 Å². The van der Waals surface area contributed by atoms with Crippen molar-refractivity contribution in [2.75, 3.05) is 11.9 Å². The van der Waals surface area contributed by atoms with Gasteiger partial charge in [0.15, 0.2) is 0 Å². The van der Waals surface area contributed by atoms with Crippen molar-refractivity contribution in [3.8, 4) is 11.1 Å². The molecular formula is C22H25N5O2. The van der Waals surface area contributed by atoms with Gasteiger partial charge in [0.1, 0.15) is 5.82 Å². The molecule has 7 heteroatoms. The molecule has 2 aromatic heterocycles. The zero-order chi connectivity index (χ0) is 20.8. The predicted molar refractivity (Wildman–Crippen MR) is 114 cm³/mol. The van der Waals surface area contributed by atoms with Gasteiger partial charge in [0.25, 0.3) is 0 Å². The fourth-order valence-electron chi connectivity index (χ4n) is 3.01. The smallest absolute Gasteiger partial charge is 0.320 e. The van der Waals surface area contributed by atoms with Crippen molar-refractivity contribution in [1.82, 2.24) is 20.6 Å². The maximum absolute atomic E-state index is 12.0. The molecule has 0 atom stereocenters. The second-order valence-electron chi connectivity index (χ2n) is 6.98. The molecule has 0 spiro atoms. The summed E-state index contributed by atoms with van der Waals surface area (Å²) in [5, 5.41) is 10.3. The summed E-state index contributed by atoms with van der Waals surface area (Å²) in [6, 6.07) is 9.44. The van der Waals surface area contributed by atoms with Crippen molar-refractivity contribution in [3.63, 3.8) is 0 Å². The van der Waals surface area contributed by atoms with Crippen LogP contribution in [-0.2, 0) is 11.3 Å². The number of nitrogens with one attached hydrogen (secondary N) is 3. The predicted octanol–water partition coefficient (Wildman–Crippen LogP) is 3.71. The lowest BCUT2D eigenvalue weighted by Gasteiger charge is -2.14. The molecule has 0 unspecified atom stereocenters. The van der Waals surface area contributed by atoms with E-state index in [1.165, 1.54) is 0 Å². The van der Waals surface area contributed by atoms with E-state index in [9.17, 15) is 9.59 Å². The van der Waals surface area contributed by atoms with E-state index in [0.29, 0.717) is 18.9 Å². The van der Waals surface area contributed by atoms with Gasteiger partial charge in [-0.2, -0.15) is 0 Å². The van der Waals surface area contributed by atoms with E-state index in [2.05, 4.69) is 25.9 Å². The van der Waals surface area contributed by atoms with E-state index in [1.807, 2.05) is 51.1 Å². The molecule has 0 radical (unpaired) electrons. The van der Waals surface area contributed by atoms with Gasteiger partial charge >= 0.3 is 6.03 Å². The lowest BCUT2D eigenvalue weighted by Crippen LogP contribution is -2.28. The van der Waals surface area contributed by atoms with Gasteiger partial charge in [-0.05, 0) is 47.2 Å². The van der Waals surface area contributed by atoms with Crippen LogP contribution in [0.5, 0.6) is 0 Å². The number of nitrogens with zero attached hydrogens (tertiary/aromatic N) is 2. The molecular weight excluding hydrogens is 366 g/mol. The number of pyridine rings is 2. The molecule has 7 nitrogen and oxygen atoms in total. The van der Waals surface area contributed by atoms with Crippen molar-refractivity contribution < 1.29 is 9.59 Å². The maximum atomic E-state index is 12.0. The standard InChI is InChI=1S/C22H25N5O2/c1-4-24-22(29)27-20-11-18-17(15-7-9-23-10-8-15)6-5-16(19(18)13-25-20)12-26-21(28)14(2)3/h5-11,13-14H,4,12H2,1-3H3,(H,26,28)(H2,24,25,27,29). The molecule has 0 saturated carbocycles. The first-order valence-electron chi connectivity index (χ1n) is 9.64. The number of urea groups is 1. The minimum absolute atomic E-state index is 0.00107. The number of aromatic nitrogens is 2. The molecule has 150 valence electrons. The quantitative estimate of drug-likeness (QED) is 0.597. The Morgan fingerprint density at radius 3 is 2.48 bits per heavy atom. The third kappa shape index (κ3) is 4.87. The number of carbonyl (C=O) groups excluding carboxylic acids is 2. The summed E-state index contributed by atoms with van der Waals surface area (Å²) < 4.78 is 0. The highest BCUT2D eigenvalue weighted by atomic mass is 16.2. The van der Waals surface area contributed by atoms with Gasteiger partial charge in [-0.25, -0.2) is 9.78 Å². The zero-order valence-corrected chi connectivity index (χ0v) is 16.8. The Morgan fingerprint density at radius 1 is 1.03 bits per heavy atom. The molecule has 0 aliphatic heterocycles. The highest BCUT2D eigenvalue weighted by Crippen LogP contribution is 2.31. The van der Waals surface area contributed by atoms with Crippen LogP contribution < -0.4 is 16.0 Å². The molecule has 3 N–H and O–H groups in total. The third-order valence-electron chi connectivity index (χ3n) is 4.54. The molecule has 2 heterocycles. The van der Waals surface area contributed by atoms with Crippen LogP contribution in [0.3, 0.4) is 0 Å². The van der Waals surface area contributed by atoms with Crippen LogP contribution in [-0.4, -0.2) is 28.5 Å². The van der Waals surface area contributed by atoms with E-state index < -0.39 is 0 Å². The molecule has 0 fully saturated rings. The summed E-state index contributed by atoms with van der Waals surface area (Å²) in [5.41, 5.74) is 2.98. The molecule has 1 aromatic carbocycles. The zero-order valence-electron chi connectivity index (χ0n) is 16.8. The van der Waals surface area contributed by atoms with Crippen molar-refractivity contribution in [2.24, 2.45) is 5.92 Å². The van der Waals surface area contributed by atoms with Crippen molar-refractivity contribution in [1.29, 1.82) is 0 Å². The van der Waals surface area contributed by atoms with Crippen LogP contribution in [0.1, 0.15) is 26.3 Å². The first-order valence-corrected chi connectivity index (χ1v) is 9.64. The van der Waals surface area contributed by atoms with E-state index in [-0.39, 0.29) is 17.9 Å². The Morgan fingerprint density at radius 2 is 1.79 bits per heavy atom. The fraction of sp³-hybridized carbons (Fsp3) is 0.273. The number of carbonyl (C=O) groups is 2. The first-order chi connectivity index (χ1) is 14.0. The largest absolute Gasteiger partial charge is 0.352 e. The average Bonchev–Trinajstić information content (AvgIpc) is 2.72. The van der Waals surface area contributed by atoms with E-state index >= 15 is 0 Å². The molecule has 0 aliphatic carbocycles. The molecule has 3 rings (SSSR count). The van der Waals surface area contributed by atoms with Crippen LogP contribution in [0.25, 0.3) is 21.9 Å². The van der Waals surface area contributed by atoms with Crippen LogP contribution in [0.15, 0.2) is 48.9 Å². The Labute approximate surface area is 170 Å². The van der Waals surface area contributed by atoms with Gasteiger partial charge in [0, 0.05) is 43.0 Å². The number of anilines is 1. The lowest BCUT2D eigenvalue weighted by atomic mass is 9.96. The minimum Gasteiger partial charge on any atom is -0.352 e. The number of benzene rings is 1. The van der Waals surface area contributed by atoms with E-state index in [4.69, 9.17) is 0 Å². The Hall–Kier alpha value is -3.48. The minimum atomic E-state index is -0.301. The van der Waals surface area contributed by atoms with Gasteiger partial charge in [-0.1, -0.05) is 26.0 Å². The Bertz CT molecular complexity index is 1020. The van der Waals surface area contributed by atoms with Crippen molar-refractivity contribution >= 4 is 28.5 Å². The fourth-order valence-corrected chi connectivity index (χ4v) is 3.01. The van der Waals surface area contributed by atoms with Crippen LogP contribution >= 0.6 is 0 Å². The monoisotopic (exact) mass is 391 g/mol. The van der Waals surface area contributed by atoms with E-state index in [0.717, 1.165) is 27.5 Å². The normalized spacial score (nSPS) is 10.8. The number of amides is 3.